The fourth-order valence-corrected chi connectivity index (χ4v) is 5.57. The third-order valence-electron chi connectivity index (χ3n) is 5.79. The fraction of sp³-hybridized carbons (Fsp3) is 0.706. The molecule has 114 valence electrons. The first-order chi connectivity index (χ1) is 10.3. The lowest BCUT2D eigenvalue weighted by atomic mass is 9.72. The summed E-state index contributed by atoms with van der Waals surface area (Å²) >= 11 is 1.78. The van der Waals surface area contributed by atoms with Crippen LogP contribution in [0.25, 0.3) is 0 Å². The first-order valence-corrected chi connectivity index (χ1v) is 9.22. The van der Waals surface area contributed by atoms with Gasteiger partial charge in [0, 0.05) is 31.1 Å². The molecule has 1 saturated carbocycles. The van der Waals surface area contributed by atoms with Gasteiger partial charge in [-0.25, -0.2) is 0 Å². The maximum atomic E-state index is 13.4. The van der Waals surface area contributed by atoms with Crippen molar-refractivity contribution in [2.75, 3.05) is 26.2 Å². The van der Waals surface area contributed by atoms with Crippen LogP contribution < -0.4 is 5.32 Å². The van der Waals surface area contributed by atoms with Gasteiger partial charge in [-0.15, -0.1) is 11.3 Å². The number of amides is 1. The molecule has 1 aromatic heterocycles. The van der Waals surface area contributed by atoms with Crippen LogP contribution in [0.1, 0.15) is 37.0 Å². The average molecular weight is 304 g/mol. The molecule has 1 aromatic rings. The molecule has 0 spiro atoms. The van der Waals surface area contributed by atoms with Crippen molar-refractivity contribution < 1.29 is 4.79 Å². The third kappa shape index (κ3) is 2.23. The second-order valence-corrected chi connectivity index (χ2v) is 7.96. The topological polar surface area (TPSA) is 32.3 Å². The van der Waals surface area contributed by atoms with Crippen molar-refractivity contribution in [3.05, 3.63) is 22.4 Å². The van der Waals surface area contributed by atoms with Crippen LogP contribution in [0.15, 0.2) is 17.5 Å². The summed E-state index contributed by atoms with van der Waals surface area (Å²) in [5, 5.41) is 5.59. The van der Waals surface area contributed by atoms with Crippen LogP contribution in [0.4, 0.5) is 0 Å². The van der Waals surface area contributed by atoms with E-state index >= 15 is 0 Å². The van der Waals surface area contributed by atoms with Crippen molar-refractivity contribution in [2.45, 2.75) is 37.5 Å². The van der Waals surface area contributed by atoms with Crippen molar-refractivity contribution in [2.24, 2.45) is 11.8 Å². The van der Waals surface area contributed by atoms with E-state index in [0.717, 1.165) is 39.0 Å². The number of nitrogens with zero attached hydrogens (tertiary/aromatic N) is 1. The number of carbonyl (C=O) groups is 1. The summed E-state index contributed by atoms with van der Waals surface area (Å²) in [7, 11) is 0. The predicted octanol–water partition coefficient (Wildman–Crippen LogP) is 2.63. The maximum Gasteiger partial charge on any atom is 0.234 e. The van der Waals surface area contributed by atoms with Crippen molar-refractivity contribution in [1.29, 1.82) is 0 Å². The molecule has 3 fully saturated rings. The van der Waals surface area contributed by atoms with Gasteiger partial charge in [-0.2, -0.15) is 0 Å². The van der Waals surface area contributed by atoms with E-state index in [9.17, 15) is 4.79 Å². The van der Waals surface area contributed by atoms with Crippen LogP contribution >= 0.6 is 11.3 Å². The second kappa shape index (κ2) is 5.40. The summed E-state index contributed by atoms with van der Waals surface area (Å²) in [5.41, 5.74) is -0.196. The summed E-state index contributed by atoms with van der Waals surface area (Å²) in [4.78, 5) is 16.9. The molecule has 1 amide bonds. The molecular weight excluding hydrogens is 280 g/mol. The lowest BCUT2D eigenvalue weighted by Crippen LogP contribution is -2.47. The maximum absolute atomic E-state index is 13.4. The highest BCUT2D eigenvalue weighted by Crippen LogP contribution is 2.44. The molecule has 4 rings (SSSR count). The van der Waals surface area contributed by atoms with Gasteiger partial charge >= 0.3 is 0 Å². The minimum atomic E-state index is -0.196. The van der Waals surface area contributed by atoms with E-state index in [1.165, 1.54) is 24.1 Å². The van der Waals surface area contributed by atoms with Gasteiger partial charge < -0.3 is 10.2 Å². The van der Waals surface area contributed by atoms with E-state index in [-0.39, 0.29) is 5.41 Å². The molecule has 2 aliphatic heterocycles. The number of fused-ring (bicyclic) bond motifs is 1. The van der Waals surface area contributed by atoms with Gasteiger partial charge in [-0.1, -0.05) is 25.3 Å². The second-order valence-electron chi connectivity index (χ2n) is 7.01. The first-order valence-electron chi connectivity index (χ1n) is 8.34. The quantitative estimate of drug-likeness (QED) is 0.911. The molecule has 4 heteroatoms. The Morgan fingerprint density at radius 1 is 1.19 bits per heavy atom. The number of thiophene rings is 1. The molecule has 3 heterocycles. The molecular formula is C17H24N2OS. The molecule has 2 atom stereocenters. The zero-order chi connectivity index (χ0) is 14.3. The lowest BCUT2D eigenvalue weighted by Gasteiger charge is -2.38. The molecule has 3 aliphatic rings. The van der Waals surface area contributed by atoms with Crippen molar-refractivity contribution in [3.63, 3.8) is 0 Å². The number of carbonyl (C=O) groups excluding carboxylic acids is 1. The van der Waals surface area contributed by atoms with Crippen LogP contribution in [0.3, 0.4) is 0 Å². The monoisotopic (exact) mass is 304 g/mol. The fourth-order valence-electron chi connectivity index (χ4n) is 4.60. The Morgan fingerprint density at radius 3 is 2.52 bits per heavy atom. The Balaban J connectivity index is 1.60. The number of hydrogen-bond acceptors (Lipinski definition) is 3. The number of nitrogens with one attached hydrogen (secondary N) is 1. The van der Waals surface area contributed by atoms with E-state index in [4.69, 9.17) is 0 Å². The van der Waals surface area contributed by atoms with Gasteiger partial charge in [-0.3, -0.25) is 4.79 Å². The Labute approximate surface area is 130 Å². The number of rotatable bonds is 2. The molecule has 3 nitrogen and oxygen atoms in total. The van der Waals surface area contributed by atoms with Gasteiger partial charge in [0.15, 0.2) is 0 Å². The summed E-state index contributed by atoms with van der Waals surface area (Å²) in [5.74, 6) is 1.81. The highest BCUT2D eigenvalue weighted by molar-refractivity contribution is 7.10. The van der Waals surface area contributed by atoms with Gasteiger partial charge in [0.25, 0.3) is 0 Å². The average Bonchev–Trinajstić information content (AvgIpc) is 3.23. The highest BCUT2D eigenvalue weighted by atomic mass is 32.1. The van der Waals surface area contributed by atoms with Crippen LogP contribution in [-0.4, -0.2) is 37.0 Å². The molecule has 0 unspecified atom stereocenters. The van der Waals surface area contributed by atoms with E-state index in [2.05, 4.69) is 27.7 Å². The van der Waals surface area contributed by atoms with Crippen LogP contribution in [0, 0.1) is 11.8 Å². The largest absolute Gasteiger partial charge is 0.341 e. The summed E-state index contributed by atoms with van der Waals surface area (Å²) in [6, 6.07) is 4.29. The molecule has 2 saturated heterocycles. The minimum absolute atomic E-state index is 0.196. The molecule has 0 radical (unpaired) electrons. The van der Waals surface area contributed by atoms with Crippen molar-refractivity contribution in [3.8, 4) is 0 Å². The molecule has 0 aromatic carbocycles. The Morgan fingerprint density at radius 2 is 1.90 bits per heavy atom. The first kappa shape index (κ1) is 13.8. The van der Waals surface area contributed by atoms with Gasteiger partial charge in [-0.05, 0) is 36.1 Å². The Bertz CT molecular complexity index is 495. The highest BCUT2D eigenvalue weighted by Gasteiger charge is 2.48. The minimum Gasteiger partial charge on any atom is -0.341 e. The Kier molecular flexibility index (Phi) is 3.54. The SMILES string of the molecule is O=C(N1C[C@H]2CNC[C@H]2C1)C1(c2cccs2)CCCCC1. The van der Waals surface area contributed by atoms with Crippen molar-refractivity contribution in [1.82, 2.24) is 10.2 Å². The van der Waals surface area contributed by atoms with E-state index in [1.54, 1.807) is 11.3 Å². The predicted molar refractivity (Wildman–Crippen MR) is 85.5 cm³/mol. The third-order valence-corrected chi connectivity index (χ3v) is 6.86. The number of likely N-dealkylation sites (tertiary alicyclic amines) is 1. The number of hydrogen-bond donors (Lipinski definition) is 1. The van der Waals surface area contributed by atoms with E-state index in [0.29, 0.717) is 17.7 Å². The van der Waals surface area contributed by atoms with E-state index in [1.807, 2.05) is 0 Å². The van der Waals surface area contributed by atoms with Crippen LogP contribution in [0.2, 0.25) is 0 Å². The summed E-state index contributed by atoms with van der Waals surface area (Å²) < 4.78 is 0. The summed E-state index contributed by atoms with van der Waals surface area (Å²) in [6.45, 7) is 4.15. The summed E-state index contributed by atoms with van der Waals surface area (Å²) in [6.07, 6.45) is 5.79. The molecule has 1 aliphatic carbocycles. The zero-order valence-corrected chi connectivity index (χ0v) is 13.3. The normalized spacial score (nSPS) is 31.3. The van der Waals surface area contributed by atoms with E-state index < -0.39 is 0 Å². The standard InChI is InChI=1S/C17H24N2OS/c20-16(19-11-13-9-18-10-14(13)12-19)17(6-2-1-3-7-17)15-5-4-8-21-15/h4-5,8,13-14,18H,1-3,6-7,9-12H2/t13-,14+. The van der Waals surface area contributed by atoms with Gasteiger partial charge in [0.05, 0.1) is 5.41 Å². The zero-order valence-electron chi connectivity index (χ0n) is 12.5. The van der Waals surface area contributed by atoms with Crippen LogP contribution in [0.5, 0.6) is 0 Å². The van der Waals surface area contributed by atoms with Crippen molar-refractivity contribution >= 4 is 17.2 Å². The van der Waals surface area contributed by atoms with Gasteiger partial charge in [0.1, 0.15) is 0 Å². The smallest absolute Gasteiger partial charge is 0.234 e. The van der Waals surface area contributed by atoms with Crippen LogP contribution in [-0.2, 0) is 10.2 Å². The molecule has 1 N–H and O–H groups in total. The Hall–Kier alpha value is -0.870. The molecule has 21 heavy (non-hydrogen) atoms. The molecule has 0 bridgehead atoms. The van der Waals surface area contributed by atoms with Gasteiger partial charge in [0.2, 0.25) is 5.91 Å². The lowest BCUT2D eigenvalue weighted by molar-refractivity contribution is -0.138.